The Morgan fingerprint density at radius 3 is 2.92 bits per heavy atom. The molecule has 0 saturated carbocycles. The van der Waals surface area contributed by atoms with E-state index in [4.69, 9.17) is 0 Å². The Hall–Kier alpha value is -1.12. The minimum absolute atomic E-state index is 0.361. The first-order chi connectivity index (χ1) is 6.09. The number of nitro groups is 1. The number of allylic oxidation sites excluding steroid dienone is 3. The molecule has 0 unspecified atom stereocenters. The zero-order valence-corrected chi connectivity index (χ0v) is 8.12. The van der Waals surface area contributed by atoms with Gasteiger partial charge >= 0.3 is 0 Å². The summed E-state index contributed by atoms with van der Waals surface area (Å²) in [6.07, 6.45) is 6.42. The lowest BCUT2D eigenvalue weighted by molar-refractivity contribution is -0.403. The van der Waals surface area contributed by atoms with Gasteiger partial charge in [-0.15, -0.1) is 0 Å². The number of hydrogen-bond acceptors (Lipinski definition) is 2. The molecule has 1 aliphatic carbocycles. The molecule has 3 heteroatoms. The summed E-state index contributed by atoms with van der Waals surface area (Å²) in [5.41, 5.74) is 2.30. The van der Waals surface area contributed by atoms with E-state index in [-0.39, 0.29) is 4.92 Å². The van der Waals surface area contributed by atoms with E-state index in [2.05, 4.69) is 13.0 Å². The van der Waals surface area contributed by atoms with Crippen molar-refractivity contribution in [3.63, 3.8) is 0 Å². The van der Waals surface area contributed by atoms with Crippen LogP contribution in [0.3, 0.4) is 0 Å². The molecule has 1 atom stereocenters. The summed E-state index contributed by atoms with van der Waals surface area (Å²) in [6.45, 7) is 3.96. The van der Waals surface area contributed by atoms with Crippen LogP contribution >= 0.6 is 0 Å². The molecular formula is C10H15NO2. The van der Waals surface area contributed by atoms with Crippen LogP contribution in [0.25, 0.3) is 0 Å². The maximum Gasteiger partial charge on any atom is 0.233 e. The number of rotatable bonds is 2. The molecule has 0 spiro atoms. The lowest BCUT2D eigenvalue weighted by Crippen LogP contribution is -2.07. The first-order valence-electron chi connectivity index (χ1n) is 4.57. The molecule has 0 amide bonds. The molecule has 0 aromatic heterocycles. The molecule has 0 N–H and O–H groups in total. The fourth-order valence-electron chi connectivity index (χ4n) is 1.65. The van der Waals surface area contributed by atoms with Crippen molar-refractivity contribution in [1.82, 2.24) is 0 Å². The molecule has 0 saturated heterocycles. The Kier molecular flexibility index (Phi) is 3.23. The van der Waals surface area contributed by atoms with Crippen LogP contribution in [0.15, 0.2) is 23.4 Å². The third-order valence-electron chi connectivity index (χ3n) is 2.59. The lowest BCUT2D eigenvalue weighted by atomic mass is 9.86. The molecule has 0 aromatic rings. The Morgan fingerprint density at radius 1 is 1.77 bits per heavy atom. The van der Waals surface area contributed by atoms with Gasteiger partial charge in [0.1, 0.15) is 0 Å². The molecule has 0 aromatic carbocycles. The van der Waals surface area contributed by atoms with E-state index in [1.807, 2.05) is 6.92 Å². The van der Waals surface area contributed by atoms with Gasteiger partial charge < -0.3 is 0 Å². The van der Waals surface area contributed by atoms with E-state index < -0.39 is 0 Å². The fourth-order valence-corrected chi connectivity index (χ4v) is 1.65. The van der Waals surface area contributed by atoms with Gasteiger partial charge in [0.15, 0.2) is 0 Å². The van der Waals surface area contributed by atoms with Gasteiger partial charge in [-0.25, -0.2) is 0 Å². The monoisotopic (exact) mass is 181 g/mol. The minimum Gasteiger partial charge on any atom is -0.259 e. The van der Waals surface area contributed by atoms with Crippen molar-refractivity contribution < 1.29 is 4.92 Å². The van der Waals surface area contributed by atoms with E-state index in [0.29, 0.717) is 5.92 Å². The minimum atomic E-state index is -0.361. The Balaban J connectivity index is 2.60. The van der Waals surface area contributed by atoms with Crippen LogP contribution in [0.2, 0.25) is 0 Å². The largest absolute Gasteiger partial charge is 0.259 e. The summed E-state index contributed by atoms with van der Waals surface area (Å²) in [5.74, 6) is 0.383. The first-order valence-corrected chi connectivity index (χ1v) is 4.57. The quantitative estimate of drug-likeness (QED) is 0.373. The van der Waals surface area contributed by atoms with Crippen molar-refractivity contribution in [1.29, 1.82) is 0 Å². The van der Waals surface area contributed by atoms with Crippen LogP contribution < -0.4 is 0 Å². The van der Waals surface area contributed by atoms with Crippen LogP contribution in [0.4, 0.5) is 0 Å². The summed E-state index contributed by atoms with van der Waals surface area (Å²) in [6, 6.07) is 0. The predicted molar refractivity (Wildman–Crippen MR) is 51.8 cm³/mol. The molecule has 0 radical (unpaired) electrons. The summed E-state index contributed by atoms with van der Waals surface area (Å²) in [5, 5.41) is 10.2. The van der Waals surface area contributed by atoms with Gasteiger partial charge in [-0.05, 0) is 39.0 Å². The maximum absolute atomic E-state index is 10.2. The zero-order chi connectivity index (χ0) is 9.84. The molecule has 0 bridgehead atoms. The highest BCUT2D eigenvalue weighted by Gasteiger charge is 2.15. The molecule has 13 heavy (non-hydrogen) atoms. The Morgan fingerprint density at radius 2 is 2.46 bits per heavy atom. The summed E-state index contributed by atoms with van der Waals surface area (Å²) >= 11 is 0. The number of nitrogens with zero attached hydrogens (tertiary/aromatic N) is 1. The van der Waals surface area contributed by atoms with Crippen molar-refractivity contribution >= 4 is 0 Å². The van der Waals surface area contributed by atoms with Crippen LogP contribution in [-0.4, -0.2) is 4.92 Å². The van der Waals surface area contributed by atoms with Crippen molar-refractivity contribution in [3.05, 3.63) is 33.5 Å². The van der Waals surface area contributed by atoms with Crippen molar-refractivity contribution in [2.75, 3.05) is 0 Å². The van der Waals surface area contributed by atoms with Gasteiger partial charge in [0, 0.05) is 5.57 Å². The normalized spacial score (nSPS) is 24.0. The molecule has 0 heterocycles. The molecule has 0 fully saturated rings. The third kappa shape index (κ3) is 3.01. The highest BCUT2D eigenvalue weighted by atomic mass is 16.6. The van der Waals surface area contributed by atoms with E-state index in [9.17, 15) is 10.1 Å². The van der Waals surface area contributed by atoms with E-state index in [1.165, 1.54) is 5.57 Å². The van der Waals surface area contributed by atoms with Gasteiger partial charge in [0.25, 0.3) is 0 Å². The van der Waals surface area contributed by atoms with Crippen LogP contribution in [0, 0.1) is 16.0 Å². The summed E-state index contributed by atoms with van der Waals surface area (Å²) in [4.78, 5) is 9.87. The van der Waals surface area contributed by atoms with Gasteiger partial charge in [-0.2, -0.15) is 0 Å². The molecule has 72 valence electrons. The van der Waals surface area contributed by atoms with E-state index >= 15 is 0 Å². The molecular weight excluding hydrogens is 166 g/mol. The fraction of sp³-hybridized carbons (Fsp3) is 0.600. The summed E-state index contributed by atoms with van der Waals surface area (Å²) in [7, 11) is 0. The van der Waals surface area contributed by atoms with Gasteiger partial charge in [-0.1, -0.05) is 11.6 Å². The van der Waals surface area contributed by atoms with Gasteiger partial charge in [0.2, 0.25) is 6.20 Å². The maximum atomic E-state index is 10.2. The van der Waals surface area contributed by atoms with Crippen LogP contribution in [0.5, 0.6) is 0 Å². The first kappa shape index (κ1) is 9.96. The molecule has 1 rings (SSSR count). The van der Waals surface area contributed by atoms with Gasteiger partial charge in [-0.3, -0.25) is 10.1 Å². The second kappa shape index (κ2) is 4.21. The van der Waals surface area contributed by atoms with Crippen LogP contribution in [-0.2, 0) is 0 Å². The molecule has 1 aliphatic rings. The number of hydrogen-bond donors (Lipinski definition) is 0. The topological polar surface area (TPSA) is 43.1 Å². The SMILES string of the molecule is CC1=CC[C@H](/C(C)=C/[N+](=O)[O-])CC1. The standard InChI is InChI=1S/C10H15NO2/c1-8-3-5-10(6-4-8)9(2)7-11(12)13/h3,7,10H,4-6H2,1-2H3/b9-7+/t10-/m0/s1. The van der Waals surface area contributed by atoms with Crippen molar-refractivity contribution in [3.8, 4) is 0 Å². The zero-order valence-electron chi connectivity index (χ0n) is 8.12. The Labute approximate surface area is 78.3 Å². The average Bonchev–Trinajstić information content (AvgIpc) is 2.04. The Bertz CT molecular complexity index is 266. The van der Waals surface area contributed by atoms with Crippen LogP contribution in [0.1, 0.15) is 33.1 Å². The summed E-state index contributed by atoms with van der Waals surface area (Å²) < 4.78 is 0. The second-order valence-corrected chi connectivity index (χ2v) is 3.68. The predicted octanol–water partition coefficient (Wildman–Crippen LogP) is 2.91. The lowest BCUT2D eigenvalue weighted by Gasteiger charge is -2.19. The highest BCUT2D eigenvalue weighted by molar-refractivity contribution is 5.10. The second-order valence-electron chi connectivity index (χ2n) is 3.68. The third-order valence-corrected chi connectivity index (χ3v) is 2.59. The van der Waals surface area contributed by atoms with E-state index in [1.54, 1.807) is 0 Å². The molecule has 0 aliphatic heterocycles. The van der Waals surface area contributed by atoms with Crippen molar-refractivity contribution in [2.45, 2.75) is 33.1 Å². The van der Waals surface area contributed by atoms with Gasteiger partial charge in [0.05, 0.1) is 4.92 Å². The average molecular weight is 181 g/mol. The molecule has 3 nitrogen and oxygen atoms in total. The van der Waals surface area contributed by atoms with E-state index in [0.717, 1.165) is 31.0 Å². The highest BCUT2D eigenvalue weighted by Crippen LogP contribution is 2.28. The van der Waals surface area contributed by atoms with Crippen molar-refractivity contribution in [2.24, 2.45) is 5.92 Å². The smallest absolute Gasteiger partial charge is 0.233 e.